The van der Waals surface area contributed by atoms with Crippen molar-refractivity contribution in [1.82, 2.24) is 0 Å². The highest BCUT2D eigenvalue weighted by atomic mass is 16.5. The van der Waals surface area contributed by atoms with Crippen molar-refractivity contribution in [1.29, 1.82) is 0 Å². The van der Waals surface area contributed by atoms with Crippen LogP contribution in [-0.4, -0.2) is 31.8 Å². The van der Waals surface area contributed by atoms with Gasteiger partial charge >= 0.3 is 0 Å². The molecule has 138 valence electrons. The zero-order chi connectivity index (χ0) is 18.4. The van der Waals surface area contributed by atoms with Crippen LogP contribution in [0.15, 0.2) is 42.5 Å². The van der Waals surface area contributed by atoms with Crippen LogP contribution in [0.4, 0.5) is 5.69 Å². The van der Waals surface area contributed by atoms with Crippen LogP contribution in [0, 0.1) is 13.8 Å². The Bertz CT molecular complexity index is 753. The zero-order valence-corrected chi connectivity index (χ0v) is 15.3. The summed E-state index contributed by atoms with van der Waals surface area (Å²) in [6.45, 7) is 5.19. The number of anilines is 1. The minimum atomic E-state index is -0.223. The Kier molecular flexibility index (Phi) is 6.12. The maximum Gasteiger partial charge on any atom is 0.262 e. The number of para-hydroxylation sites is 2. The average molecular weight is 355 g/mol. The molecule has 5 heteroatoms. The van der Waals surface area contributed by atoms with Gasteiger partial charge in [-0.1, -0.05) is 24.3 Å². The van der Waals surface area contributed by atoms with E-state index in [1.165, 1.54) is 0 Å². The number of aryl methyl sites for hydroxylation is 2. The zero-order valence-electron chi connectivity index (χ0n) is 15.3. The summed E-state index contributed by atoms with van der Waals surface area (Å²) in [4.78, 5) is 12.3. The van der Waals surface area contributed by atoms with Crippen molar-refractivity contribution in [2.75, 3.05) is 25.1 Å². The molecular formula is C21H25NO4. The van der Waals surface area contributed by atoms with Crippen molar-refractivity contribution in [2.45, 2.75) is 32.8 Å². The maximum atomic E-state index is 12.3. The summed E-state index contributed by atoms with van der Waals surface area (Å²) in [6.07, 6.45) is 2.21. The molecule has 3 rings (SSSR count). The molecule has 0 saturated carbocycles. The lowest BCUT2D eigenvalue weighted by Gasteiger charge is -2.15. The van der Waals surface area contributed by atoms with E-state index in [1.54, 1.807) is 0 Å². The molecule has 26 heavy (non-hydrogen) atoms. The number of carbonyl (C=O) groups is 1. The Morgan fingerprint density at radius 3 is 2.81 bits per heavy atom. The molecular weight excluding hydrogens is 330 g/mol. The molecule has 1 aliphatic heterocycles. The van der Waals surface area contributed by atoms with E-state index < -0.39 is 0 Å². The fraction of sp³-hybridized carbons (Fsp3) is 0.381. The number of rotatable bonds is 7. The molecule has 1 saturated heterocycles. The number of benzene rings is 2. The van der Waals surface area contributed by atoms with Crippen LogP contribution < -0.4 is 14.8 Å². The lowest BCUT2D eigenvalue weighted by Crippen LogP contribution is -2.22. The van der Waals surface area contributed by atoms with E-state index >= 15 is 0 Å². The van der Waals surface area contributed by atoms with Gasteiger partial charge in [-0.25, -0.2) is 0 Å². The fourth-order valence-corrected chi connectivity index (χ4v) is 2.85. The fourth-order valence-electron chi connectivity index (χ4n) is 2.85. The summed E-state index contributed by atoms with van der Waals surface area (Å²) in [5.41, 5.74) is 2.74. The van der Waals surface area contributed by atoms with Gasteiger partial charge < -0.3 is 19.5 Å². The molecule has 5 nitrogen and oxygen atoms in total. The van der Waals surface area contributed by atoms with Crippen LogP contribution in [-0.2, 0) is 9.53 Å². The van der Waals surface area contributed by atoms with Gasteiger partial charge in [0.15, 0.2) is 6.61 Å². The standard InChI is InChI=1S/C21H25NO4/c1-15-9-10-16(2)20(12-15)26-14-21(23)22-18-7-3-4-8-19(18)25-13-17-6-5-11-24-17/h3-4,7-10,12,17H,5-6,11,13-14H2,1-2H3,(H,22,23). The molecule has 1 N–H and O–H groups in total. The highest BCUT2D eigenvalue weighted by Crippen LogP contribution is 2.25. The third kappa shape index (κ3) is 4.99. The van der Waals surface area contributed by atoms with E-state index in [-0.39, 0.29) is 18.6 Å². The summed E-state index contributed by atoms with van der Waals surface area (Å²) in [5, 5.41) is 2.86. The van der Waals surface area contributed by atoms with Crippen LogP contribution in [0.5, 0.6) is 11.5 Å². The molecule has 0 radical (unpaired) electrons. The van der Waals surface area contributed by atoms with Crippen molar-refractivity contribution >= 4 is 11.6 Å². The first-order valence-corrected chi connectivity index (χ1v) is 8.95. The summed E-state index contributed by atoms with van der Waals surface area (Å²) in [6, 6.07) is 13.3. The second kappa shape index (κ2) is 8.72. The van der Waals surface area contributed by atoms with Gasteiger partial charge in [0, 0.05) is 6.61 Å². The summed E-state index contributed by atoms with van der Waals surface area (Å²) in [7, 11) is 0. The average Bonchev–Trinajstić information content (AvgIpc) is 3.15. The van der Waals surface area contributed by atoms with E-state index in [1.807, 2.05) is 56.3 Å². The molecule has 0 spiro atoms. The smallest absolute Gasteiger partial charge is 0.262 e. The SMILES string of the molecule is Cc1ccc(C)c(OCC(=O)Nc2ccccc2OCC2CCCO2)c1. The van der Waals surface area contributed by atoms with Crippen molar-refractivity contribution in [3.05, 3.63) is 53.6 Å². The molecule has 1 atom stereocenters. The highest BCUT2D eigenvalue weighted by molar-refractivity contribution is 5.93. The normalized spacial score (nSPS) is 16.3. The van der Waals surface area contributed by atoms with Gasteiger partial charge in [0.2, 0.25) is 0 Å². The van der Waals surface area contributed by atoms with Crippen molar-refractivity contribution in [3.8, 4) is 11.5 Å². The Morgan fingerprint density at radius 2 is 2.00 bits per heavy atom. The molecule has 1 heterocycles. The van der Waals surface area contributed by atoms with Crippen LogP contribution >= 0.6 is 0 Å². The topological polar surface area (TPSA) is 56.8 Å². The van der Waals surface area contributed by atoms with Gasteiger partial charge in [0.05, 0.1) is 11.8 Å². The van der Waals surface area contributed by atoms with Crippen LogP contribution in [0.3, 0.4) is 0 Å². The van der Waals surface area contributed by atoms with Gasteiger partial charge in [-0.3, -0.25) is 4.79 Å². The maximum absolute atomic E-state index is 12.3. The van der Waals surface area contributed by atoms with E-state index in [9.17, 15) is 4.79 Å². The van der Waals surface area contributed by atoms with Gasteiger partial charge in [0.1, 0.15) is 18.1 Å². The summed E-state index contributed by atoms with van der Waals surface area (Å²) in [5.74, 6) is 1.14. The molecule has 1 fully saturated rings. The number of nitrogens with one attached hydrogen (secondary N) is 1. The largest absolute Gasteiger partial charge is 0.489 e. The molecule has 0 bridgehead atoms. The quantitative estimate of drug-likeness (QED) is 0.819. The van der Waals surface area contributed by atoms with Crippen molar-refractivity contribution in [3.63, 3.8) is 0 Å². The number of hydrogen-bond acceptors (Lipinski definition) is 4. The third-order valence-corrected chi connectivity index (χ3v) is 4.31. The van der Waals surface area contributed by atoms with Crippen LogP contribution in [0.1, 0.15) is 24.0 Å². The number of amides is 1. The van der Waals surface area contributed by atoms with E-state index in [2.05, 4.69) is 5.32 Å². The summed E-state index contributed by atoms with van der Waals surface area (Å²) < 4.78 is 17.1. The highest BCUT2D eigenvalue weighted by Gasteiger charge is 2.17. The predicted molar refractivity (Wildman–Crippen MR) is 101 cm³/mol. The molecule has 1 unspecified atom stereocenters. The molecule has 2 aromatic rings. The van der Waals surface area contributed by atoms with Gasteiger partial charge in [-0.15, -0.1) is 0 Å². The third-order valence-electron chi connectivity index (χ3n) is 4.31. The first kappa shape index (κ1) is 18.3. The first-order valence-electron chi connectivity index (χ1n) is 8.95. The van der Waals surface area contributed by atoms with Gasteiger partial charge in [-0.2, -0.15) is 0 Å². The first-order chi connectivity index (χ1) is 12.6. The molecule has 0 aliphatic carbocycles. The predicted octanol–water partition coefficient (Wildman–Crippen LogP) is 3.88. The lowest BCUT2D eigenvalue weighted by molar-refractivity contribution is -0.118. The van der Waals surface area contributed by atoms with Gasteiger partial charge in [0.25, 0.3) is 5.91 Å². The summed E-state index contributed by atoms with van der Waals surface area (Å²) >= 11 is 0. The molecule has 0 aromatic heterocycles. The number of hydrogen-bond donors (Lipinski definition) is 1. The van der Waals surface area contributed by atoms with E-state index in [0.717, 1.165) is 36.3 Å². The van der Waals surface area contributed by atoms with E-state index in [0.29, 0.717) is 18.0 Å². The Hall–Kier alpha value is -2.53. The van der Waals surface area contributed by atoms with Gasteiger partial charge in [-0.05, 0) is 56.0 Å². The van der Waals surface area contributed by atoms with E-state index in [4.69, 9.17) is 14.2 Å². The van der Waals surface area contributed by atoms with Crippen molar-refractivity contribution in [2.24, 2.45) is 0 Å². The second-order valence-corrected chi connectivity index (χ2v) is 6.55. The lowest BCUT2D eigenvalue weighted by atomic mass is 10.1. The Labute approximate surface area is 154 Å². The number of ether oxygens (including phenoxy) is 3. The van der Waals surface area contributed by atoms with Crippen LogP contribution in [0.2, 0.25) is 0 Å². The monoisotopic (exact) mass is 355 g/mol. The number of carbonyl (C=O) groups excluding carboxylic acids is 1. The van der Waals surface area contributed by atoms with Crippen LogP contribution in [0.25, 0.3) is 0 Å². The molecule has 2 aromatic carbocycles. The minimum absolute atomic E-state index is 0.0512. The Morgan fingerprint density at radius 1 is 1.15 bits per heavy atom. The Balaban J connectivity index is 1.55. The van der Waals surface area contributed by atoms with Crippen molar-refractivity contribution < 1.29 is 19.0 Å². The molecule has 1 aliphatic rings. The minimum Gasteiger partial charge on any atom is -0.489 e. The molecule has 1 amide bonds. The second-order valence-electron chi connectivity index (χ2n) is 6.55.